The van der Waals surface area contributed by atoms with Gasteiger partial charge >= 0.3 is 0 Å². The minimum atomic E-state index is -3.47. The van der Waals surface area contributed by atoms with Crippen LogP contribution in [-0.4, -0.2) is 41.1 Å². The fourth-order valence-corrected chi connectivity index (χ4v) is 4.31. The number of guanidine groups is 1. The maximum absolute atomic E-state index is 12.1. The van der Waals surface area contributed by atoms with Crippen LogP contribution in [0.25, 0.3) is 0 Å². The molecule has 0 bridgehead atoms. The highest BCUT2D eigenvalue weighted by atomic mass is 32.2. The second-order valence-corrected chi connectivity index (χ2v) is 8.78. The van der Waals surface area contributed by atoms with Gasteiger partial charge < -0.3 is 10.6 Å². The number of aliphatic imine (C=N–C) groups is 1. The normalized spacial score (nSPS) is 13.4. The minimum Gasteiger partial charge on any atom is -0.356 e. The van der Waals surface area contributed by atoms with Gasteiger partial charge in [0.05, 0.1) is 4.90 Å². The van der Waals surface area contributed by atoms with Gasteiger partial charge in [-0.15, -0.1) is 11.3 Å². The summed E-state index contributed by atoms with van der Waals surface area (Å²) in [7, 11) is -1.77. The summed E-state index contributed by atoms with van der Waals surface area (Å²) in [4.78, 5) is 5.81. The summed E-state index contributed by atoms with van der Waals surface area (Å²) < 4.78 is 26.8. The predicted octanol–water partition coefficient (Wildman–Crippen LogP) is 2.07. The quantitative estimate of drug-likeness (QED) is 0.345. The van der Waals surface area contributed by atoms with Crippen molar-refractivity contribution in [2.24, 2.45) is 10.9 Å². The molecule has 0 saturated heterocycles. The minimum absolute atomic E-state index is 0.268. The van der Waals surface area contributed by atoms with Crippen molar-refractivity contribution in [1.82, 2.24) is 15.4 Å². The third-order valence-corrected chi connectivity index (χ3v) is 6.11. The largest absolute Gasteiger partial charge is 0.356 e. The Hall–Kier alpha value is -1.90. The van der Waals surface area contributed by atoms with Crippen molar-refractivity contribution in [2.45, 2.75) is 18.2 Å². The number of benzene rings is 1. The predicted molar refractivity (Wildman–Crippen MR) is 108 cm³/mol. The Bertz CT molecular complexity index is 775. The van der Waals surface area contributed by atoms with E-state index >= 15 is 0 Å². The van der Waals surface area contributed by atoms with Crippen molar-refractivity contribution in [2.75, 3.05) is 26.7 Å². The first-order chi connectivity index (χ1) is 12.5. The zero-order valence-corrected chi connectivity index (χ0v) is 16.7. The first-order valence-corrected chi connectivity index (χ1v) is 10.9. The fourth-order valence-electron chi connectivity index (χ4n) is 2.39. The molecule has 8 heteroatoms. The van der Waals surface area contributed by atoms with Crippen LogP contribution in [0.2, 0.25) is 0 Å². The summed E-state index contributed by atoms with van der Waals surface area (Å²) in [6.07, 6.45) is 1.03. The number of hydrogen-bond acceptors (Lipinski definition) is 4. The average Bonchev–Trinajstić information content (AvgIpc) is 3.14. The van der Waals surface area contributed by atoms with Crippen LogP contribution in [0.1, 0.15) is 11.8 Å². The van der Waals surface area contributed by atoms with Crippen molar-refractivity contribution in [3.05, 3.63) is 52.7 Å². The molecular formula is C18H26N4O2S2. The molecular weight excluding hydrogens is 368 g/mol. The number of hydrogen-bond donors (Lipinski definition) is 3. The Kier molecular flexibility index (Phi) is 8.08. The first-order valence-electron chi connectivity index (χ1n) is 8.53. The molecule has 0 amide bonds. The number of thiophene rings is 1. The summed E-state index contributed by atoms with van der Waals surface area (Å²) in [6.45, 7) is 3.72. The van der Waals surface area contributed by atoms with Crippen LogP contribution in [0.5, 0.6) is 0 Å². The van der Waals surface area contributed by atoms with Crippen molar-refractivity contribution < 1.29 is 8.42 Å². The third-order valence-electron chi connectivity index (χ3n) is 3.73. The van der Waals surface area contributed by atoms with Crippen LogP contribution in [-0.2, 0) is 16.4 Å². The lowest BCUT2D eigenvalue weighted by molar-refractivity contribution is 0.561. The van der Waals surface area contributed by atoms with Gasteiger partial charge in [0, 0.05) is 31.6 Å². The van der Waals surface area contributed by atoms with Crippen molar-refractivity contribution >= 4 is 27.3 Å². The topological polar surface area (TPSA) is 82.6 Å². The average molecular weight is 395 g/mol. The molecule has 0 aliphatic heterocycles. The lowest BCUT2D eigenvalue weighted by atomic mass is 10.1. The monoisotopic (exact) mass is 394 g/mol. The van der Waals surface area contributed by atoms with Gasteiger partial charge in [0.15, 0.2) is 5.96 Å². The molecule has 0 aliphatic carbocycles. The zero-order valence-electron chi connectivity index (χ0n) is 15.1. The molecule has 2 aromatic rings. The van der Waals surface area contributed by atoms with E-state index in [1.807, 2.05) is 0 Å². The molecule has 0 radical (unpaired) electrons. The van der Waals surface area contributed by atoms with Gasteiger partial charge in [-0.1, -0.05) is 31.2 Å². The highest BCUT2D eigenvalue weighted by Crippen LogP contribution is 2.13. The van der Waals surface area contributed by atoms with Crippen LogP contribution in [0.15, 0.2) is 57.7 Å². The highest BCUT2D eigenvalue weighted by Gasteiger charge is 2.12. The van der Waals surface area contributed by atoms with E-state index in [4.69, 9.17) is 0 Å². The molecule has 1 heterocycles. The van der Waals surface area contributed by atoms with E-state index in [2.05, 4.69) is 44.8 Å². The van der Waals surface area contributed by atoms with E-state index in [0.29, 0.717) is 18.4 Å². The number of sulfonamides is 1. The second kappa shape index (κ2) is 10.3. The number of nitrogens with one attached hydrogen (secondary N) is 3. The molecule has 1 unspecified atom stereocenters. The molecule has 26 heavy (non-hydrogen) atoms. The molecule has 142 valence electrons. The lowest BCUT2D eigenvalue weighted by Gasteiger charge is -2.16. The van der Waals surface area contributed by atoms with Gasteiger partial charge in [-0.2, -0.15) is 0 Å². The standard InChI is InChI=1S/C18H26N4O2S2/c1-15(13-16-7-6-12-25-16)14-21-18(19-2)20-10-11-22-26(23,24)17-8-4-3-5-9-17/h3-9,12,15,22H,10-11,13-14H2,1-2H3,(H2,19,20,21). The van der Waals surface area contributed by atoms with E-state index < -0.39 is 10.0 Å². The van der Waals surface area contributed by atoms with Gasteiger partial charge in [0.2, 0.25) is 10.0 Å². The third kappa shape index (κ3) is 6.78. The molecule has 0 spiro atoms. The Labute approximate surface area is 159 Å². The molecule has 1 atom stereocenters. The van der Waals surface area contributed by atoms with E-state index in [1.54, 1.807) is 48.7 Å². The van der Waals surface area contributed by atoms with Crippen LogP contribution >= 0.6 is 11.3 Å². The van der Waals surface area contributed by atoms with E-state index in [0.717, 1.165) is 13.0 Å². The van der Waals surface area contributed by atoms with E-state index in [1.165, 1.54) is 4.88 Å². The molecule has 3 N–H and O–H groups in total. The second-order valence-electron chi connectivity index (χ2n) is 5.98. The van der Waals surface area contributed by atoms with Crippen LogP contribution in [0.3, 0.4) is 0 Å². The fraction of sp³-hybridized carbons (Fsp3) is 0.389. The first kappa shape index (κ1) is 20.4. The lowest BCUT2D eigenvalue weighted by Crippen LogP contribution is -2.43. The van der Waals surface area contributed by atoms with Gasteiger partial charge in [0.1, 0.15) is 0 Å². The van der Waals surface area contributed by atoms with Gasteiger partial charge in [-0.3, -0.25) is 4.99 Å². The van der Waals surface area contributed by atoms with Crippen LogP contribution in [0.4, 0.5) is 0 Å². The Morgan fingerprint density at radius 3 is 2.54 bits per heavy atom. The molecule has 0 saturated carbocycles. The van der Waals surface area contributed by atoms with E-state index in [-0.39, 0.29) is 11.4 Å². The molecule has 2 rings (SSSR count). The molecule has 1 aromatic carbocycles. The maximum Gasteiger partial charge on any atom is 0.240 e. The van der Waals surface area contributed by atoms with Crippen molar-refractivity contribution in [3.8, 4) is 0 Å². The Morgan fingerprint density at radius 1 is 1.12 bits per heavy atom. The summed E-state index contributed by atoms with van der Waals surface area (Å²) in [6, 6.07) is 12.6. The van der Waals surface area contributed by atoms with Gasteiger partial charge in [-0.25, -0.2) is 13.1 Å². The summed E-state index contributed by atoms with van der Waals surface area (Å²) in [5, 5.41) is 8.49. The summed E-state index contributed by atoms with van der Waals surface area (Å²) in [5.74, 6) is 1.14. The van der Waals surface area contributed by atoms with E-state index in [9.17, 15) is 8.42 Å². The van der Waals surface area contributed by atoms with Crippen molar-refractivity contribution in [3.63, 3.8) is 0 Å². The Morgan fingerprint density at radius 2 is 1.88 bits per heavy atom. The maximum atomic E-state index is 12.1. The van der Waals surface area contributed by atoms with Crippen LogP contribution in [0, 0.1) is 5.92 Å². The summed E-state index contributed by atoms with van der Waals surface area (Å²) in [5.41, 5.74) is 0. The smallest absolute Gasteiger partial charge is 0.240 e. The highest BCUT2D eigenvalue weighted by molar-refractivity contribution is 7.89. The number of rotatable bonds is 9. The van der Waals surface area contributed by atoms with Crippen molar-refractivity contribution in [1.29, 1.82) is 0 Å². The molecule has 0 fully saturated rings. The zero-order chi connectivity index (χ0) is 18.8. The van der Waals surface area contributed by atoms with Gasteiger partial charge in [0.25, 0.3) is 0 Å². The molecule has 1 aromatic heterocycles. The summed E-state index contributed by atoms with van der Waals surface area (Å²) >= 11 is 1.77. The number of nitrogens with zero attached hydrogens (tertiary/aromatic N) is 1. The van der Waals surface area contributed by atoms with Gasteiger partial charge in [-0.05, 0) is 35.9 Å². The van der Waals surface area contributed by atoms with Crippen LogP contribution < -0.4 is 15.4 Å². The molecule has 0 aliphatic rings. The molecule has 6 nitrogen and oxygen atoms in total. The Balaban J connectivity index is 1.68. The SMILES string of the molecule is CN=C(NCCNS(=O)(=O)c1ccccc1)NCC(C)Cc1cccs1.